The maximum absolute atomic E-state index is 13.0. The Balaban J connectivity index is 2.17. The van der Waals surface area contributed by atoms with Crippen molar-refractivity contribution in [1.82, 2.24) is 0 Å². The number of Topliss-reactive ketones (excluding diaryl/α,β-unsaturated/α-hetero) is 1. The van der Waals surface area contributed by atoms with Crippen LogP contribution in [0.3, 0.4) is 0 Å². The van der Waals surface area contributed by atoms with Gasteiger partial charge in [-0.05, 0) is 36.8 Å². The number of benzene rings is 2. The SMILES string of the molecule is CCOc1cccc(C(=O)Cc2ccc(F)cc2Br)c1. The molecule has 0 spiro atoms. The largest absolute Gasteiger partial charge is 0.494 e. The van der Waals surface area contributed by atoms with Gasteiger partial charge in [-0.15, -0.1) is 0 Å². The molecular formula is C16H14BrFO2. The molecule has 0 radical (unpaired) electrons. The summed E-state index contributed by atoms with van der Waals surface area (Å²) in [6, 6.07) is 11.4. The Kier molecular flexibility index (Phi) is 4.90. The van der Waals surface area contributed by atoms with Gasteiger partial charge in [-0.3, -0.25) is 4.79 Å². The topological polar surface area (TPSA) is 26.3 Å². The minimum atomic E-state index is -0.327. The summed E-state index contributed by atoms with van der Waals surface area (Å²) in [7, 11) is 0. The van der Waals surface area contributed by atoms with Crippen molar-refractivity contribution in [2.45, 2.75) is 13.3 Å². The zero-order chi connectivity index (χ0) is 14.5. The van der Waals surface area contributed by atoms with Gasteiger partial charge < -0.3 is 4.74 Å². The fraction of sp³-hybridized carbons (Fsp3) is 0.188. The molecule has 0 aliphatic carbocycles. The van der Waals surface area contributed by atoms with E-state index in [9.17, 15) is 9.18 Å². The lowest BCUT2D eigenvalue weighted by atomic mass is 10.0. The molecule has 0 N–H and O–H groups in total. The summed E-state index contributed by atoms with van der Waals surface area (Å²) in [6.45, 7) is 2.45. The van der Waals surface area contributed by atoms with Crippen molar-refractivity contribution < 1.29 is 13.9 Å². The van der Waals surface area contributed by atoms with Gasteiger partial charge in [0, 0.05) is 16.5 Å². The third-order valence-electron chi connectivity index (χ3n) is 2.83. The molecule has 4 heteroatoms. The van der Waals surface area contributed by atoms with Gasteiger partial charge in [0.25, 0.3) is 0 Å². The molecule has 0 aromatic heterocycles. The Morgan fingerprint density at radius 2 is 2.05 bits per heavy atom. The second kappa shape index (κ2) is 6.66. The van der Waals surface area contributed by atoms with Crippen LogP contribution in [-0.2, 0) is 6.42 Å². The Labute approximate surface area is 125 Å². The Hall–Kier alpha value is -1.68. The third kappa shape index (κ3) is 3.67. The fourth-order valence-corrected chi connectivity index (χ4v) is 2.36. The van der Waals surface area contributed by atoms with Gasteiger partial charge in [-0.1, -0.05) is 34.1 Å². The smallest absolute Gasteiger partial charge is 0.167 e. The second-order valence-electron chi connectivity index (χ2n) is 4.30. The van der Waals surface area contributed by atoms with Gasteiger partial charge in [-0.25, -0.2) is 4.39 Å². The first-order valence-corrected chi connectivity index (χ1v) is 7.09. The predicted molar refractivity (Wildman–Crippen MR) is 79.7 cm³/mol. The fourth-order valence-electron chi connectivity index (χ4n) is 1.87. The molecule has 0 unspecified atom stereocenters. The monoisotopic (exact) mass is 336 g/mol. The molecule has 104 valence electrons. The van der Waals surface area contributed by atoms with Crippen LogP contribution in [0.25, 0.3) is 0 Å². The highest BCUT2D eigenvalue weighted by Crippen LogP contribution is 2.21. The summed E-state index contributed by atoms with van der Waals surface area (Å²) in [5.41, 5.74) is 1.35. The van der Waals surface area contributed by atoms with E-state index in [-0.39, 0.29) is 18.0 Å². The second-order valence-corrected chi connectivity index (χ2v) is 5.15. The average molecular weight is 337 g/mol. The van der Waals surface area contributed by atoms with Crippen LogP contribution in [0.1, 0.15) is 22.8 Å². The molecule has 0 heterocycles. The van der Waals surface area contributed by atoms with E-state index in [0.29, 0.717) is 22.4 Å². The number of rotatable bonds is 5. The third-order valence-corrected chi connectivity index (χ3v) is 3.57. The standard InChI is InChI=1S/C16H14BrFO2/c1-2-20-14-5-3-4-12(8-14)16(19)9-11-6-7-13(18)10-15(11)17/h3-8,10H,2,9H2,1H3. The molecule has 0 atom stereocenters. The molecule has 2 aromatic rings. The first-order valence-electron chi connectivity index (χ1n) is 6.30. The number of hydrogen-bond donors (Lipinski definition) is 0. The highest BCUT2D eigenvalue weighted by atomic mass is 79.9. The molecule has 0 amide bonds. The van der Waals surface area contributed by atoms with E-state index < -0.39 is 0 Å². The minimum Gasteiger partial charge on any atom is -0.494 e. The molecule has 2 rings (SSSR count). The number of carbonyl (C=O) groups excluding carboxylic acids is 1. The zero-order valence-corrected chi connectivity index (χ0v) is 12.6. The van der Waals surface area contributed by atoms with Crippen LogP contribution in [0.4, 0.5) is 4.39 Å². The summed E-state index contributed by atoms with van der Waals surface area (Å²) in [4.78, 5) is 12.2. The number of ether oxygens (including phenoxy) is 1. The summed E-state index contributed by atoms with van der Waals surface area (Å²) >= 11 is 3.27. The Morgan fingerprint density at radius 3 is 2.75 bits per heavy atom. The summed E-state index contributed by atoms with van der Waals surface area (Å²) in [6.07, 6.45) is 0.219. The minimum absolute atomic E-state index is 0.0288. The van der Waals surface area contributed by atoms with E-state index in [2.05, 4.69) is 15.9 Å². The van der Waals surface area contributed by atoms with Crippen LogP contribution in [0.15, 0.2) is 46.9 Å². The first-order chi connectivity index (χ1) is 9.60. The zero-order valence-electron chi connectivity index (χ0n) is 11.0. The summed E-state index contributed by atoms with van der Waals surface area (Å²) in [5, 5.41) is 0. The average Bonchev–Trinajstić information content (AvgIpc) is 2.42. The summed E-state index contributed by atoms with van der Waals surface area (Å²) in [5.74, 6) is 0.321. The number of carbonyl (C=O) groups is 1. The Bertz CT molecular complexity index is 626. The normalized spacial score (nSPS) is 10.3. The van der Waals surface area contributed by atoms with Crippen molar-refractivity contribution in [3.8, 4) is 5.75 Å². The van der Waals surface area contributed by atoms with E-state index in [1.54, 1.807) is 24.3 Å². The van der Waals surface area contributed by atoms with Gasteiger partial charge >= 0.3 is 0 Å². The van der Waals surface area contributed by atoms with Gasteiger partial charge in [0.1, 0.15) is 11.6 Å². The lowest BCUT2D eigenvalue weighted by Crippen LogP contribution is -2.05. The molecule has 0 aliphatic rings. The molecule has 0 saturated heterocycles. The highest BCUT2D eigenvalue weighted by molar-refractivity contribution is 9.10. The molecule has 2 aromatic carbocycles. The van der Waals surface area contributed by atoms with Gasteiger partial charge in [0.2, 0.25) is 0 Å². The number of halogens is 2. The van der Waals surface area contributed by atoms with Crippen LogP contribution >= 0.6 is 15.9 Å². The van der Waals surface area contributed by atoms with E-state index in [4.69, 9.17) is 4.74 Å². The quantitative estimate of drug-likeness (QED) is 0.756. The van der Waals surface area contributed by atoms with Gasteiger partial charge in [0.15, 0.2) is 5.78 Å². The molecule has 2 nitrogen and oxygen atoms in total. The van der Waals surface area contributed by atoms with Crippen molar-refractivity contribution >= 4 is 21.7 Å². The van der Waals surface area contributed by atoms with Gasteiger partial charge in [-0.2, -0.15) is 0 Å². The first kappa shape index (κ1) is 14.7. The van der Waals surface area contributed by atoms with Crippen LogP contribution < -0.4 is 4.74 Å². The van der Waals surface area contributed by atoms with Crippen LogP contribution in [0.5, 0.6) is 5.75 Å². The molecule has 0 fully saturated rings. The molecular weight excluding hydrogens is 323 g/mol. The maximum atomic E-state index is 13.0. The van der Waals surface area contributed by atoms with Crippen molar-refractivity contribution in [2.24, 2.45) is 0 Å². The predicted octanol–water partition coefficient (Wildman–Crippen LogP) is 4.41. The lowest BCUT2D eigenvalue weighted by molar-refractivity contribution is 0.0992. The molecule has 0 bridgehead atoms. The van der Waals surface area contributed by atoms with Crippen molar-refractivity contribution in [3.63, 3.8) is 0 Å². The van der Waals surface area contributed by atoms with Crippen LogP contribution in [0.2, 0.25) is 0 Å². The molecule has 0 saturated carbocycles. The van der Waals surface area contributed by atoms with Gasteiger partial charge in [0.05, 0.1) is 6.61 Å². The summed E-state index contributed by atoms with van der Waals surface area (Å²) < 4.78 is 19.0. The maximum Gasteiger partial charge on any atom is 0.167 e. The van der Waals surface area contributed by atoms with Crippen molar-refractivity contribution in [1.29, 1.82) is 0 Å². The van der Waals surface area contributed by atoms with Crippen molar-refractivity contribution in [3.05, 3.63) is 63.9 Å². The molecule has 0 aliphatic heterocycles. The highest BCUT2D eigenvalue weighted by Gasteiger charge is 2.11. The van der Waals surface area contributed by atoms with Crippen LogP contribution in [0, 0.1) is 5.82 Å². The molecule has 20 heavy (non-hydrogen) atoms. The van der Waals surface area contributed by atoms with Crippen molar-refractivity contribution in [2.75, 3.05) is 6.61 Å². The lowest BCUT2D eigenvalue weighted by Gasteiger charge is -2.07. The van der Waals surface area contributed by atoms with Crippen LogP contribution in [-0.4, -0.2) is 12.4 Å². The van der Waals surface area contributed by atoms with E-state index >= 15 is 0 Å². The number of ketones is 1. The van der Waals surface area contributed by atoms with E-state index in [0.717, 1.165) is 5.56 Å². The van der Waals surface area contributed by atoms with E-state index in [1.165, 1.54) is 12.1 Å². The Morgan fingerprint density at radius 1 is 1.25 bits per heavy atom. The number of hydrogen-bond acceptors (Lipinski definition) is 2. The van der Waals surface area contributed by atoms with E-state index in [1.807, 2.05) is 13.0 Å².